The normalized spacial score (nSPS) is 21.2. The highest BCUT2D eigenvalue weighted by molar-refractivity contribution is 5.88. The number of nitrogens with zero attached hydrogens (tertiary/aromatic N) is 2. The summed E-state index contributed by atoms with van der Waals surface area (Å²) < 4.78 is 1.66. The maximum atomic E-state index is 12.6. The molecule has 0 radical (unpaired) electrons. The van der Waals surface area contributed by atoms with Crippen LogP contribution in [0.25, 0.3) is 0 Å². The first-order valence-electron chi connectivity index (χ1n) is 11.4. The van der Waals surface area contributed by atoms with Crippen molar-refractivity contribution in [1.82, 2.24) is 25.7 Å². The average molecular weight is 441 g/mol. The molecule has 3 unspecified atom stereocenters. The van der Waals surface area contributed by atoms with Crippen LogP contribution < -0.4 is 21.3 Å². The topological polar surface area (TPSA) is 100 Å². The second-order valence-corrected chi connectivity index (χ2v) is 9.46. The van der Waals surface area contributed by atoms with Gasteiger partial charge in [0.25, 0.3) is 0 Å². The minimum absolute atomic E-state index is 0.000648. The lowest BCUT2D eigenvalue weighted by Gasteiger charge is -2.35. The van der Waals surface area contributed by atoms with E-state index in [1.807, 2.05) is 38.1 Å². The van der Waals surface area contributed by atoms with Gasteiger partial charge in [-0.2, -0.15) is 5.10 Å². The molecule has 1 aliphatic heterocycles. The van der Waals surface area contributed by atoms with E-state index in [0.717, 1.165) is 25.0 Å². The first kappa shape index (κ1) is 23.8. The summed E-state index contributed by atoms with van der Waals surface area (Å²) in [4.78, 5) is 25.1. The summed E-state index contributed by atoms with van der Waals surface area (Å²) in [6.45, 7) is 10.8. The predicted octanol–water partition coefficient (Wildman–Crippen LogP) is 3.53. The summed E-state index contributed by atoms with van der Waals surface area (Å²) in [6.07, 6.45) is 1.99. The fourth-order valence-electron chi connectivity index (χ4n) is 3.90. The molecule has 0 bridgehead atoms. The highest BCUT2D eigenvalue weighted by Gasteiger charge is 2.35. The Morgan fingerprint density at radius 3 is 2.56 bits per heavy atom. The van der Waals surface area contributed by atoms with Gasteiger partial charge in [-0.3, -0.25) is 15.4 Å². The Morgan fingerprint density at radius 1 is 1.22 bits per heavy atom. The van der Waals surface area contributed by atoms with Crippen LogP contribution in [0.2, 0.25) is 0 Å². The van der Waals surface area contributed by atoms with Gasteiger partial charge >= 0.3 is 6.03 Å². The molecule has 8 nitrogen and oxygen atoms in total. The van der Waals surface area contributed by atoms with Crippen LogP contribution in [0.1, 0.15) is 65.0 Å². The van der Waals surface area contributed by atoms with Crippen molar-refractivity contribution in [3.05, 3.63) is 47.7 Å². The van der Waals surface area contributed by atoms with Gasteiger partial charge in [0.05, 0.1) is 11.6 Å². The number of hydrogen-bond acceptors (Lipinski definition) is 4. The lowest BCUT2D eigenvalue weighted by Crippen LogP contribution is -2.57. The first-order valence-corrected chi connectivity index (χ1v) is 11.4. The number of rotatable bonds is 7. The first-order chi connectivity index (χ1) is 15.2. The Hall–Kier alpha value is -2.87. The van der Waals surface area contributed by atoms with Gasteiger partial charge in [0, 0.05) is 24.1 Å². The number of aryl methyl sites for hydroxylation is 1. The Kier molecular flexibility index (Phi) is 7.56. The molecule has 1 aromatic heterocycles. The lowest BCUT2D eigenvalue weighted by molar-refractivity contribution is -0.130. The molecule has 2 aromatic rings. The molecule has 0 aliphatic carbocycles. The molecule has 2 heterocycles. The summed E-state index contributed by atoms with van der Waals surface area (Å²) >= 11 is 0. The zero-order chi connectivity index (χ0) is 23.3. The van der Waals surface area contributed by atoms with Gasteiger partial charge < -0.3 is 10.6 Å². The largest absolute Gasteiger partial charge is 0.338 e. The van der Waals surface area contributed by atoms with Crippen LogP contribution in [0.15, 0.2) is 36.4 Å². The van der Waals surface area contributed by atoms with Crippen molar-refractivity contribution < 1.29 is 9.59 Å². The SMILES string of the molecule is CCC1C(=O)NC(n2nc(C(C)(C)C)cc2NC(=O)NCCCc2ccccc2)NC1C. The van der Waals surface area contributed by atoms with Gasteiger partial charge in [-0.05, 0) is 31.7 Å². The summed E-state index contributed by atoms with van der Waals surface area (Å²) in [6, 6.07) is 11.8. The molecular formula is C24H36N6O2. The van der Waals surface area contributed by atoms with Crippen LogP contribution in [-0.4, -0.2) is 34.3 Å². The number of carbonyl (C=O) groups is 2. The number of nitrogens with one attached hydrogen (secondary N) is 4. The number of aromatic nitrogens is 2. The van der Waals surface area contributed by atoms with Gasteiger partial charge in [0.2, 0.25) is 5.91 Å². The quantitative estimate of drug-likeness (QED) is 0.495. The van der Waals surface area contributed by atoms with Crippen molar-refractivity contribution >= 4 is 17.8 Å². The van der Waals surface area contributed by atoms with Gasteiger partial charge in [0.15, 0.2) is 6.29 Å². The fourth-order valence-corrected chi connectivity index (χ4v) is 3.90. The molecular weight excluding hydrogens is 404 g/mol. The molecule has 1 fully saturated rings. The number of carbonyl (C=O) groups excluding carboxylic acids is 2. The minimum atomic E-state index is -0.523. The molecule has 8 heteroatoms. The second-order valence-electron chi connectivity index (χ2n) is 9.46. The highest BCUT2D eigenvalue weighted by atomic mass is 16.2. The predicted molar refractivity (Wildman–Crippen MR) is 126 cm³/mol. The van der Waals surface area contributed by atoms with E-state index < -0.39 is 6.29 Å². The molecule has 32 heavy (non-hydrogen) atoms. The van der Waals surface area contributed by atoms with E-state index in [9.17, 15) is 9.59 Å². The molecule has 0 spiro atoms. The lowest BCUT2D eigenvalue weighted by atomic mass is 9.92. The summed E-state index contributed by atoms with van der Waals surface area (Å²) in [5.74, 6) is 0.441. The Morgan fingerprint density at radius 2 is 1.94 bits per heavy atom. The molecule has 174 valence electrons. The minimum Gasteiger partial charge on any atom is -0.338 e. The van der Waals surface area contributed by atoms with Crippen LogP contribution in [0, 0.1) is 5.92 Å². The van der Waals surface area contributed by atoms with Crippen molar-refractivity contribution in [2.75, 3.05) is 11.9 Å². The molecule has 1 saturated heterocycles. The van der Waals surface area contributed by atoms with Crippen molar-refractivity contribution in [3.8, 4) is 0 Å². The second kappa shape index (κ2) is 10.2. The van der Waals surface area contributed by atoms with Crippen molar-refractivity contribution in [2.45, 2.75) is 71.6 Å². The van der Waals surface area contributed by atoms with Crippen LogP contribution >= 0.6 is 0 Å². The van der Waals surface area contributed by atoms with E-state index in [1.54, 1.807) is 4.68 Å². The molecule has 3 rings (SSSR count). The number of urea groups is 1. The van der Waals surface area contributed by atoms with E-state index in [4.69, 9.17) is 5.10 Å². The zero-order valence-electron chi connectivity index (χ0n) is 19.7. The van der Waals surface area contributed by atoms with Crippen LogP contribution in [0.3, 0.4) is 0 Å². The number of anilines is 1. The molecule has 1 aliphatic rings. The smallest absolute Gasteiger partial charge is 0.320 e. The van der Waals surface area contributed by atoms with Crippen molar-refractivity contribution in [3.63, 3.8) is 0 Å². The third-order valence-corrected chi connectivity index (χ3v) is 5.84. The van der Waals surface area contributed by atoms with Gasteiger partial charge in [-0.1, -0.05) is 58.0 Å². The van der Waals surface area contributed by atoms with Crippen LogP contribution in [-0.2, 0) is 16.6 Å². The average Bonchev–Trinajstić information content (AvgIpc) is 3.16. The number of amides is 3. The summed E-state index contributed by atoms with van der Waals surface area (Å²) in [5.41, 5.74) is 1.88. The van der Waals surface area contributed by atoms with Gasteiger partial charge in [0.1, 0.15) is 5.82 Å². The Bertz CT molecular complexity index is 918. The maximum absolute atomic E-state index is 12.6. The third kappa shape index (κ3) is 5.88. The molecule has 3 atom stereocenters. The van der Waals surface area contributed by atoms with Crippen LogP contribution in [0.5, 0.6) is 0 Å². The molecule has 0 saturated carbocycles. The van der Waals surface area contributed by atoms with Gasteiger partial charge in [-0.15, -0.1) is 0 Å². The summed E-state index contributed by atoms with van der Waals surface area (Å²) in [5, 5.41) is 16.9. The Labute approximate surface area is 190 Å². The van der Waals surface area contributed by atoms with E-state index in [-0.39, 0.29) is 29.3 Å². The number of benzene rings is 1. The van der Waals surface area contributed by atoms with Crippen molar-refractivity contribution in [1.29, 1.82) is 0 Å². The fraction of sp³-hybridized carbons (Fsp3) is 0.542. The molecule has 4 N–H and O–H groups in total. The zero-order valence-corrected chi connectivity index (χ0v) is 19.7. The van der Waals surface area contributed by atoms with Crippen LogP contribution in [0.4, 0.5) is 10.6 Å². The van der Waals surface area contributed by atoms with E-state index in [1.165, 1.54) is 5.56 Å². The molecule has 1 aromatic carbocycles. The van der Waals surface area contributed by atoms with Crippen molar-refractivity contribution in [2.24, 2.45) is 5.92 Å². The summed E-state index contributed by atoms with van der Waals surface area (Å²) in [7, 11) is 0. The standard InChI is InChI=1S/C24H36N6O2/c1-6-18-16(2)26-22(28-21(18)31)30-20(15-19(29-30)24(3,4)5)27-23(32)25-14-10-13-17-11-8-7-9-12-17/h7-9,11-12,15-16,18,22,26H,6,10,13-14H2,1-5H3,(H,28,31)(H2,25,27,32). The third-order valence-electron chi connectivity index (χ3n) is 5.84. The number of hydrogen-bond donors (Lipinski definition) is 4. The van der Waals surface area contributed by atoms with E-state index in [0.29, 0.717) is 12.4 Å². The van der Waals surface area contributed by atoms with E-state index in [2.05, 4.69) is 54.2 Å². The maximum Gasteiger partial charge on any atom is 0.320 e. The Balaban J connectivity index is 1.66. The van der Waals surface area contributed by atoms with E-state index >= 15 is 0 Å². The molecule has 3 amide bonds. The highest BCUT2D eigenvalue weighted by Crippen LogP contribution is 2.27. The van der Waals surface area contributed by atoms with Gasteiger partial charge in [-0.25, -0.2) is 9.48 Å². The monoisotopic (exact) mass is 440 g/mol.